The van der Waals surface area contributed by atoms with Crippen molar-refractivity contribution in [1.82, 2.24) is 10.3 Å². The summed E-state index contributed by atoms with van der Waals surface area (Å²) in [4.78, 5) is 4.36. The molecular weight excluding hydrogens is 220 g/mol. The van der Waals surface area contributed by atoms with Gasteiger partial charge in [-0.2, -0.15) is 0 Å². The molecule has 2 rings (SSSR count). The fourth-order valence-electron chi connectivity index (χ4n) is 2.31. The van der Waals surface area contributed by atoms with Crippen molar-refractivity contribution in [2.45, 2.75) is 33.2 Å². The van der Waals surface area contributed by atoms with Crippen LogP contribution in [0.25, 0.3) is 10.9 Å². The van der Waals surface area contributed by atoms with Gasteiger partial charge in [-0.1, -0.05) is 32.9 Å². The summed E-state index contributed by atoms with van der Waals surface area (Å²) >= 11 is 0. The van der Waals surface area contributed by atoms with Crippen molar-refractivity contribution in [2.24, 2.45) is 5.41 Å². The van der Waals surface area contributed by atoms with E-state index in [0.29, 0.717) is 11.5 Å². The van der Waals surface area contributed by atoms with E-state index < -0.39 is 0 Å². The minimum atomic E-state index is 0.317. The molecule has 1 aromatic carbocycles. The Balaban J connectivity index is 2.33. The normalized spacial score (nSPS) is 13.8. The van der Waals surface area contributed by atoms with Gasteiger partial charge in [0.1, 0.15) is 0 Å². The fraction of sp³-hybridized carbons (Fsp3) is 0.438. The van der Waals surface area contributed by atoms with Gasteiger partial charge in [0.2, 0.25) is 0 Å². The maximum absolute atomic E-state index is 4.36. The molecule has 18 heavy (non-hydrogen) atoms. The third kappa shape index (κ3) is 3.08. The number of pyridine rings is 1. The number of hydrogen-bond donors (Lipinski definition) is 1. The zero-order valence-electron chi connectivity index (χ0n) is 11.7. The third-order valence-electron chi connectivity index (χ3n) is 3.19. The highest BCUT2D eigenvalue weighted by Crippen LogP contribution is 2.30. The molecule has 2 nitrogen and oxygen atoms in total. The van der Waals surface area contributed by atoms with Crippen LogP contribution in [-0.2, 0) is 0 Å². The van der Waals surface area contributed by atoms with Crippen LogP contribution in [0.4, 0.5) is 0 Å². The Kier molecular flexibility index (Phi) is 3.67. The number of rotatable bonds is 3. The van der Waals surface area contributed by atoms with Crippen LogP contribution in [0.15, 0.2) is 36.5 Å². The first-order valence-corrected chi connectivity index (χ1v) is 6.51. The molecule has 0 bridgehead atoms. The molecule has 0 amide bonds. The first kappa shape index (κ1) is 13.0. The van der Waals surface area contributed by atoms with Crippen LogP contribution >= 0.6 is 0 Å². The predicted octanol–water partition coefficient (Wildman–Crippen LogP) is 3.93. The molecule has 0 saturated carbocycles. The van der Waals surface area contributed by atoms with Gasteiger partial charge in [-0.05, 0) is 42.6 Å². The molecule has 0 aliphatic heterocycles. The molecule has 2 aromatic rings. The molecule has 96 valence electrons. The second kappa shape index (κ2) is 5.07. The van der Waals surface area contributed by atoms with Crippen LogP contribution in [0.3, 0.4) is 0 Å². The Hall–Kier alpha value is -1.41. The predicted molar refractivity (Wildman–Crippen MR) is 77.6 cm³/mol. The van der Waals surface area contributed by atoms with Crippen LogP contribution in [0.5, 0.6) is 0 Å². The van der Waals surface area contributed by atoms with E-state index in [1.165, 1.54) is 10.9 Å². The summed E-state index contributed by atoms with van der Waals surface area (Å²) in [6.45, 7) is 6.83. The van der Waals surface area contributed by atoms with Crippen LogP contribution < -0.4 is 5.32 Å². The lowest BCUT2D eigenvalue weighted by molar-refractivity contribution is 0.321. The van der Waals surface area contributed by atoms with Crippen molar-refractivity contribution in [3.8, 4) is 0 Å². The third-order valence-corrected chi connectivity index (χ3v) is 3.19. The van der Waals surface area contributed by atoms with Gasteiger partial charge in [0.25, 0.3) is 0 Å². The lowest BCUT2D eigenvalue weighted by Crippen LogP contribution is -2.22. The van der Waals surface area contributed by atoms with Gasteiger partial charge in [0, 0.05) is 17.6 Å². The van der Waals surface area contributed by atoms with Crippen LogP contribution in [0.2, 0.25) is 0 Å². The van der Waals surface area contributed by atoms with Crippen molar-refractivity contribution in [3.05, 3.63) is 42.1 Å². The largest absolute Gasteiger partial charge is 0.313 e. The molecule has 2 heteroatoms. The Morgan fingerprint density at radius 1 is 1.22 bits per heavy atom. The molecule has 1 atom stereocenters. The van der Waals surface area contributed by atoms with E-state index in [-0.39, 0.29) is 0 Å². The van der Waals surface area contributed by atoms with Gasteiger partial charge in [-0.3, -0.25) is 4.98 Å². The molecule has 0 aliphatic rings. The van der Waals surface area contributed by atoms with E-state index in [2.05, 4.69) is 55.3 Å². The summed E-state index contributed by atoms with van der Waals surface area (Å²) in [5.74, 6) is 0. The van der Waals surface area contributed by atoms with Crippen molar-refractivity contribution >= 4 is 10.9 Å². The second-order valence-corrected chi connectivity index (χ2v) is 6.06. The molecule has 0 aliphatic carbocycles. The maximum Gasteiger partial charge on any atom is 0.0702 e. The smallest absolute Gasteiger partial charge is 0.0702 e. The molecular formula is C16H22N2. The number of fused-ring (bicyclic) bond motifs is 1. The Labute approximate surface area is 109 Å². The molecule has 1 N–H and O–H groups in total. The molecule has 1 aromatic heterocycles. The minimum absolute atomic E-state index is 0.317. The van der Waals surface area contributed by atoms with Gasteiger partial charge in [-0.25, -0.2) is 0 Å². The van der Waals surface area contributed by atoms with Crippen molar-refractivity contribution in [3.63, 3.8) is 0 Å². The number of hydrogen-bond acceptors (Lipinski definition) is 2. The Morgan fingerprint density at radius 3 is 2.67 bits per heavy atom. The first-order chi connectivity index (χ1) is 8.49. The van der Waals surface area contributed by atoms with E-state index >= 15 is 0 Å². The lowest BCUT2D eigenvalue weighted by atomic mass is 9.85. The van der Waals surface area contributed by atoms with Gasteiger partial charge in [-0.15, -0.1) is 0 Å². The van der Waals surface area contributed by atoms with Gasteiger partial charge < -0.3 is 5.32 Å². The molecule has 0 fully saturated rings. The SMILES string of the molecule is CNC(CC(C)(C)C)c1ccc2ncccc2c1. The van der Waals surface area contributed by atoms with E-state index in [0.717, 1.165) is 11.9 Å². The average molecular weight is 242 g/mol. The van der Waals surface area contributed by atoms with Crippen LogP contribution in [-0.4, -0.2) is 12.0 Å². The highest BCUT2D eigenvalue weighted by Gasteiger charge is 2.18. The van der Waals surface area contributed by atoms with Crippen molar-refractivity contribution in [1.29, 1.82) is 0 Å². The van der Waals surface area contributed by atoms with Crippen LogP contribution in [0.1, 0.15) is 38.8 Å². The van der Waals surface area contributed by atoms with Gasteiger partial charge >= 0.3 is 0 Å². The van der Waals surface area contributed by atoms with E-state index in [4.69, 9.17) is 0 Å². The zero-order valence-corrected chi connectivity index (χ0v) is 11.7. The summed E-state index contributed by atoms with van der Waals surface area (Å²) in [6, 6.07) is 11.0. The summed E-state index contributed by atoms with van der Waals surface area (Å²) in [6.07, 6.45) is 2.96. The Morgan fingerprint density at radius 2 is 2.00 bits per heavy atom. The van der Waals surface area contributed by atoms with E-state index in [9.17, 15) is 0 Å². The zero-order chi connectivity index (χ0) is 13.2. The monoisotopic (exact) mass is 242 g/mol. The molecule has 0 spiro atoms. The number of aromatic nitrogens is 1. The average Bonchev–Trinajstić information content (AvgIpc) is 2.34. The molecule has 0 saturated heterocycles. The Bertz CT molecular complexity index is 526. The maximum atomic E-state index is 4.36. The van der Waals surface area contributed by atoms with Crippen LogP contribution in [0, 0.1) is 5.41 Å². The second-order valence-electron chi connectivity index (χ2n) is 6.06. The molecule has 1 unspecified atom stereocenters. The summed E-state index contributed by atoms with van der Waals surface area (Å²) in [5.41, 5.74) is 2.72. The topological polar surface area (TPSA) is 24.9 Å². The van der Waals surface area contributed by atoms with Gasteiger partial charge in [0.05, 0.1) is 5.52 Å². The van der Waals surface area contributed by atoms with Crippen molar-refractivity contribution < 1.29 is 0 Å². The molecule has 1 heterocycles. The number of benzene rings is 1. The minimum Gasteiger partial charge on any atom is -0.313 e. The van der Waals surface area contributed by atoms with Gasteiger partial charge in [0.15, 0.2) is 0 Å². The highest BCUT2D eigenvalue weighted by atomic mass is 14.9. The molecule has 0 radical (unpaired) electrons. The summed E-state index contributed by atoms with van der Waals surface area (Å²) in [7, 11) is 2.03. The standard InChI is InChI=1S/C16H22N2/c1-16(2,3)11-15(17-4)13-7-8-14-12(10-13)6-5-9-18-14/h5-10,15,17H,11H2,1-4H3. The quantitative estimate of drug-likeness (QED) is 0.882. The van der Waals surface area contributed by atoms with E-state index in [1.807, 2.05) is 19.3 Å². The first-order valence-electron chi connectivity index (χ1n) is 6.51. The summed E-state index contributed by atoms with van der Waals surface area (Å²) in [5, 5.41) is 4.63. The van der Waals surface area contributed by atoms with Crippen molar-refractivity contribution in [2.75, 3.05) is 7.05 Å². The number of nitrogens with one attached hydrogen (secondary N) is 1. The fourth-order valence-corrected chi connectivity index (χ4v) is 2.31. The summed E-state index contributed by atoms with van der Waals surface area (Å²) < 4.78 is 0. The highest BCUT2D eigenvalue weighted by molar-refractivity contribution is 5.79. The van der Waals surface area contributed by atoms with E-state index in [1.54, 1.807) is 0 Å². The lowest BCUT2D eigenvalue weighted by Gasteiger charge is -2.26. The number of nitrogens with zero attached hydrogens (tertiary/aromatic N) is 1.